The SMILES string of the molecule is CCS(=O)(=O)c1ccc(N(CCN)CC(F)(F)F)cc1. The predicted molar refractivity (Wildman–Crippen MR) is 71.5 cm³/mol. The van der Waals surface area contributed by atoms with Crippen LogP contribution in [0.1, 0.15) is 6.92 Å². The van der Waals surface area contributed by atoms with E-state index in [9.17, 15) is 21.6 Å². The number of halogens is 3. The Bertz CT molecular complexity index is 527. The molecule has 2 N–H and O–H groups in total. The van der Waals surface area contributed by atoms with Gasteiger partial charge in [0.2, 0.25) is 0 Å². The molecule has 0 bridgehead atoms. The van der Waals surface area contributed by atoms with Gasteiger partial charge in [-0.3, -0.25) is 0 Å². The third-order valence-corrected chi connectivity index (χ3v) is 4.46. The summed E-state index contributed by atoms with van der Waals surface area (Å²) >= 11 is 0. The third kappa shape index (κ3) is 4.68. The van der Waals surface area contributed by atoms with Crippen molar-refractivity contribution in [3.05, 3.63) is 24.3 Å². The van der Waals surface area contributed by atoms with Gasteiger partial charge in [0, 0.05) is 18.8 Å². The largest absolute Gasteiger partial charge is 0.405 e. The third-order valence-electron chi connectivity index (χ3n) is 2.71. The van der Waals surface area contributed by atoms with Gasteiger partial charge in [-0.15, -0.1) is 0 Å². The van der Waals surface area contributed by atoms with E-state index in [-0.39, 0.29) is 23.7 Å². The maximum atomic E-state index is 12.5. The Labute approximate surface area is 116 Å². The molecule has 0 amide bonds. The molecule has 0 aliphatic rings. The Hall–Kier alpha value is -1.28. The van der Waals surface area contributed by atoms with Gasteiger partial charge in [-0.25, -0.2) is 8.42 Å². The Morgan fingerprint density at radius 1 is 1.20 bits per heavy atom. The van der Waals surface area contributed by atoms with E-state index in [0.29, 0.717) is 5.69 Å². The minimum atomic E-state index is -4.34. The number of hydrogen-bond donors (Lipinski definition) is 1. The van der Waals surface area contributed by atoms with Gasteiger partial charge >= 0.3 is 6.18 Å². The lowest BCUT2D eigenvalue weighted by Gasteiger charge is -2.25. The summed E-state index contributed by atoms with van der Waals surface area (Å²) < 4.78 is 60.6. The Morgan fingerprint density at radius 2 is 1.75 bits per heavy atom. The first kappa shape index (κ1) is 16.8. The minimum Gasteiger partial charge on any atom is -0.361 e. The van der Waals surface area contributed by atoms with Gasteiger partial charge in [-0.1, -0.05) is 6.92 Å². The molecule has 0 spiro atoms. The van der Waals surface area contributed by atoms with Crippen molar-refractivity contribution in [3.8, 4) is 0 Å². The Balaban J connectivity index is 2.99. The van der Waals surface area contributed by atoms with E-state index < -0.39 is 22.6 Å². The first-order valence-electron chi connectivity index (χ1n) is 6.04. The fourth-order valence-corrected chi connectivity index (χ4v) is 2.59. The average molecular weight is 310 g/mol. The van der Waals surface area contributed by atoms with Crippen LogP contribution in [-0.2, 0) is 9.84 Å². The van der Waals surface area contributed by atoms with Gasteiger partial charge in [0.05, 0.1) is 10.6 Å². The highest BCUT2D eigenvalue weighted by Crippen LogP contribution is 2.23. The zero-order valence-corrected chi connectivity index (χ0v) is 11.8. The summed E-state index contributed by atoms with van der Waals surface area (Å²) in [6.45, 7) is 0.502. The standard InChI is InChI=1S/C12H17F3N2O2S/c1-2-20(18,19)11-5-3-10(4-6-11)17(8-7-16)9-12(13,14)15/h3-6H,2,7-9,16H2,1H3. The number of anilines is 1. The molecule has 0 saturated carbocycles. The molecular formula is C12H17F3N2O2S. The molecule has 0 saturated heterocycles. The highest BCUT2D eigenvalue weighted by Gasteiger charge is 2.30. The lowest BCUT2D eigenvalue weighted by atomic mass is 10.3. The van der Waals surface area contributed by atoms with E-state index >= 15 is 0 Å². The minimum absolute atomic E-state index is 0.0411. The fraction of sp³-hybridized carbons (Fsp3) is 0.500. The summed E-state index contributed by atoms with van der Waals surface area (Å²) in [4.78, 5) is 1.17. The maximum absolute atomic E-state index is 12.5. The predicted octanol–water partition coefficient (Wildman–Crippen LogP) is 1.81. The van der Waals surface area contributed by atoms with Crippen LogP contribution in [0.2, 0.25) is 0 Å². The first-order chi connectivity index (χ1) is 9.19. The number of rotatable bonds is 6. The van der Waals surface area contributed by atoms with Crippen molar-refractivity contribution < 1.29 is 21.6 Å². The monoisotopic (exact) mass is 310 g/mol. The van der Waals surface area contributed by atoms with Crippen LogP contribution in [0.4, 0.5) is 18.9 Å². The van der Waals surface area contributed by atoms with E-state index in [4.69, 9.17) is 5.73 Å². The molecule has 0 unspecified atom stereocenters. The maximum Gasteiger partial charge on any atom is 0.405 e. The normalized spacial score (nSPS) is 12.4. The molecule has 0 atom stereocenters. The summed E-state index contributed by atoms with van der Waals surface area (Å²) in [5, 5.41) is 0. The van der Waals surface area contributed by atoms with Crippen molar-refractivity contribution in [2.45, 2.75) is 18.0 Å². The first-order valence-corrected chi connectivity index (χ1v) is 7.69. The highest BCUT2D eigenvalue weighted by atomic mass is 32.2. The van der Waals surface area contributed by atoms with Gasteiger partial charge in [0.15, 0.2) is 9.84 Å². The van der Waals surface area contributed by atoms with Crippen molar-refractivity contribution >= 4 is 15.5 Å². The van der Waals surface area contributed by atoms with Crippen molar-refractivity contribution in [2.75, 3.05) is 30.3 Å². The van der Waals surface area contributed by atoms with Crippen LogP contribution in [0.5, 0.6) is 0 Å². The van der Waals surface area contributed by atoms with Crippen molar-refractivity contribution in [2.24, 2.45) is 5.73 Å². The van der Waals surface area contributed by atoms with E-state index in [2.05, 4.69) is 0 Å². The summed E-state index contributed by atoms with van der Waals surface area (Å²) in [5.74, 6) is -0.0542. The second kappa shape index (κ2) is 6.45. The van der Waals surface area contributed by atoms with Gasteiger partial charge in [-0.2, -0.15) is 13.2 Å². The molecule has 114 valence electrons. The van der Waals surface area contributed by atoms with Crippen LogP contribution in [0.3, 0.4) is 0 Å². The smallest absolute Gasteiger partial charge is 0.361 e. The van der Waals surface area contributed by atoms with E-state index in [1.54, 1.807) is 0 Å². The van der Waals surface area contributed by atoms with E-state index in [0.717, 1.165) is 4.90 Å². The molecule has 0 heterocycles. The number of alkyl halides is 3. The van der Waals surface area contributed by atoms with Gasteiger partial charge in [0.25, 0.3) is 0 Å². The zero-order valence-electron chi connectivity index (χ0n) is 11.0. The topological polar surface area (TPSA) is 63.4 Å². The van der Waals surface area contributed by atoms with Crippen LogP contribution < -0.4 is 10.6 Å². The van der Waals surface area contributed by atoms with Gasteiger partial charge < -0.3 is 10.6 Å². The Morgan fingerprint density at radius 3 is 2.15 bits per heavy atom. The molecule has 1 aromatic carbocycles. The van der Waals surface area contributed by atoms with Crippen molar-refractivity contribution in [3.63, 3.8) is 0 Å². The molecule has 0 aromatic heterocycles. The molecule has 0 radical (unpaired) electrons. The Kier molecular flexibility index (Phi) is 5.41. The lowest BCUT2D eigenvalue weighted by molar-refractivity contribution is -0.119. The second-order valence-electron chi connectivity index (χ2n) is 4.22. The summed E-state index contributed by atoms with van der Waals surface area (Å²) in [6, 6.07) is 5.36. The van der Waals surface area contributed by atoms with Crippen molar-refractivity contribution in [1.29, 1.82) is 0 Å². The van der Waals surface area contributed by atoms with Crippen LogP contribution in [-0.4, -0.2) is 40.0 Å². The number of nitrogens with two attached hydrogens (primary N) is 1. The summed E-state index contributed by atoms with van der Waals surface area (Å²) in [6.07, 6.45) is -4.34. The van der Waals surface area contributed by atoms with Crippen molar-refractivity contribution in [1.82, 2.24) is 0 Å². The van der Waals surface area contributed by atoms with E-state index in [1.807, 2.05) is 0 Å². The quantitative estimate of drug-likeness (QED) is 0.870. The van der Waals surface area contributed by atoms with E-state index in [1.165, 1.54) is 31.2 Å². The summed E-state index contributed by atoms with van der Waals surface area (Å²) in [7, 11) is -3.35. The molecule has 0 aliphatic carbocycles. The molecule has 8 heteroatoms. The lowest BCUT2D eigenvalue weighted by Crippen LogP contribution is -2.37. The zero-order chi connectivity index (χ0) is 15.4. The van der Waals surface area contributed by atoms with Gasteiger partial charge in [-0.05, 0) is 24.3 Å². The van der Waals surface area contributed by atoms with Crippen LogP contribution >= 0.6 is 0 Å². The molecule has 0 fully saturated rings. The molecule has 1 aromatic rings. The van der Waals surface area contributed by atoms with Crippen LogP contribution in [0.15, 0.2) is 29.2 Å². The molecule has 4 nitrogen and oxygen atoms in total. The summed E-state index contributed by atoms with van der Waals surface area (Å²) in [5.41, 5.74) is 5.60. The second-order valence-corrected chi connectivity index (χ2v) is 6.50. The molecule has 0 aliphatic heterocycles. The molecule has 20 heavy (non-hydrogen) atoms. The van der Waals surface area contributed by atoms with Crippen LogP contribution in [0, 0.1) is 0 Å². The number of sulfone groups is 1. The molecule has 1 rings (SSSR count). The van der Waals surface area contributed by atoms with Crippen LogP contribution in [0.25, 0.3) is 0 Å². The van der Waals surface area contributed by atoms with Gasteiger partial charge in [0.1, 0.15) is 6.54 Å². The number of nitrogens with zero attached hydrogens (tertiary/aromatic N) is 1. The highest BCUT2D eigenvalue weighted by molar-refractivity contribution is 7.91. The number of hydrogen-bond acceptors (Lipinski definition) is 4. The molecular weight excluding hydrogens is 293 g/mol. The average Bonchev–Trinajstić information content (AvgIpc) is 2.37. The number of benzene rings is 1. The fourth-order valence-electron chi connectivity index (χ4n) is 1.70.